The lowest BCUT2D eigenvalue weighted by molar-refractivity contribution is -0.132. The number of rotatable bonds is 6. The van der Waals surface area contributed by atoms with Crippen LogP contribution in [0.15, 0.2) is 48.8 Å². The second-order valence-electron chi connectivity index (χ2n) is 9.12. The number of carbonyl (C=O) groups excluding carboxylic acids is 2. The number of nitrogens with one attached hydrogen (secondary N) is 2. The van der Waals surface area contributed by atoms with E-state index >= 15 is 0 Å². The number of aromatic nitrogens is 2. The van der Waals surface area contributed by atoms with E-state index in [1.165, 1.54) is 12.1 Å². The summed E-state index contributed by atoms with van der Waals surface area (Å²) in [6, 6.07) is 9.49. The average Bonchev–Trinajstić information content (AvgIpc) is 3.26. The van der Waals surface area contributed by atoms with E-state index in [9.17, 15) is 19.1 Å². The van der Waals surface area contributed by atoms with Crippen LogP contribution in [0.2, 0.25) is 5.02 Å². The third-order valence-electron chi connectivity index (χ3n) is 6.95. The highest BCUT2D eigenvalue weighted by atomic mass is 35.5. The van der Waals surface area contributed by atoms with Crippen molar-refractivity contribution in [1.29, 1.82) is 0 Å². The van der Waals surface area contributed by atoms with Gasteiger partial charge >= 0.3 is 0 Å². The molecule has 3 fully saturated rings. The standard InChI is InChI=1S/C24H24ClFN4O4/c25-16-5-4-15(11-17(16)26)34-14-21(32)28-24-8-6-23(7-9-24,12-19(24)31)29-22(33)18-13-30-10-2-1-3-20(30)27-18/h1-5,10-11,13,19,31H,6-9,12,14H2,(H,28,32)(H,29,33). The molecule has 3 aliphatic rings. The van der Waals surface area contributed by atoms with Crippen molar-refractivity contribution in [1.82, 2.24) is 20.0 Å². The first-order chi connectivity index (χ1) is 16.3. The molecule has 2 bridgehead atoms. The minimum Gasteiger partial charge on any atom is -0.484 e. The molecule has 1 unspecified atom stereocenters. The van der Waals surface area contributed by atoms with Gasteiger partial charge < -0.3 is 24.9 Å². The van der Waals surface area contributed by atoms with Crippen LogP contribution in [-0.4, -0.2) is 50.1 Å². The number of aliphatic hydroxyl groups is 1. The average molecular weight is 487 g/mol. The van der Waals surface area contributed by atoms with Crippen LogP contribution >= 0.6 is 11.6 Å². The Morgan fingerprint density at radius 2 is 2.00 bits per heavy atom. The highest BCUT2D eigenvalue weighted by Gasteiger charge is 2.55. The SMILES string of the molecule is O=C(COc1ccc(Cl)c(F)c1)NC12CCC(NC(=O)c3cn4ccccc4n3)(CC1)CC2O. The fourth-order valence-corrected chi connectivity index (χ4v) is 5.16. The van der Waals surface area contributed by atoms with Crippen LogP contribution in [0.3, 0.4) is 0 Å². The number of nitrogens with zero attached hydrogens (tertiary/aromatic N) is 2. The maximum absolute atomic E-state index is 13.6. The molecule has 3 aliphatic carbocycles. The molecule has 34 heavy (non-hydrogen) atoms. The van der Waals surface area contributed by atoms with Crippen LogP contribution < -0.4 is 15.4 Å². The topological polar surface area (TPSA) is 105 Å². The van der Waals surface area contributed by atoms with E-state index in [1.54, 1.807) is 10.6 Å². The van der Waals surface area contributed by atoms with Crippen LogP contribution in [0.4, 0.5) is 4.39 Å². The summed E-state index contributed by atoms with van der Waals surface area (Å²) in [4.78, 5) is 29.8. The number of hydrogen-bond donors (Lipinski definition) is 3. The van der Waals surface area contributed by atoms with Crippen LogP contribution in [0.1, 0.15) is 42.6 Å². The van der Waals surface area contributed by atoms with Gasteiger partial charge in [-0.1, -0.05) is 17.7 Å². The van der Waals surface area contributed by atoms with Crippen molar-refractivity contribution in [3.05, 3.63) is 65.3 Å². The first-order valence-electron chi connectivity index (χ1n) is 11.1. The van der Waals surface area contributed by atoms with Gasteiger partial charge in [-0.15, -0.1) is 0 Å². The predicted molar refractivity (Wildman–Crippen MR) is 122 cm³/mol. The van der Waals surface area contributed by atoms with Gasteiger partial charge in [-0.25, -0.2) is 9.37 Å². The van der Waals surface area contributed by atoms with E-state index in [0.717, 1.165) is 6.07 Å². The van der Waals surface area contributed by atoms with Gasteiger partial charge in [0.15, 0.2) is 6.61 Å². The highest BCUT2D eigenvalue weighted by Crippen LogP contribution is 2.47. The third kappa shape index (κ3) is 4.21. The summed E-state index contributed by atoms with van der Waals surface area (Å²) in [5, 5.41) is 16.9. The Morgan fingerprint density at radius 3 is 2.71 bits per heavy atom. The monoisotopic (exact) mass is 486 g/mol. The Kier molecular flexibility index (Phi) is 5.69. The zero-order chi connectivity index (χ0) is 23.9. The smallest absolute Gasteiger partial charge is 0.271 e. The van der Waals surface area contributed by atoms with Crippen molar-refractivity contribution >= 4 is 29.1 Å². The van der Waals surface area contributed by atoms with Gasteiger partial charge in [0, 0.05) is 24.0 Å². The van der Waals surface area contributed by atoms with Gasteiger partial charge in [0.1, 0.15) is 22.9 Å². The summed E-state index contributed by atoms with van der Waals surface area (Å²) < 4.78 is 20.7. The van der Waals surface area contributed by atoms with Crippen molar-refractivity contribution in [2.75, 3.05) is 6.61 Å². The molecule has 10 heteroatoms. The second kappa shape index (κ2) is 8.56. The van der Waals surface area contributed by atoms with Crippen molar-refractivity contribution in [3.8, 4) is 5.75 Å². The van der Waals surface area contributed by atoms with Crippen LogP contribution in [0.5, 0.6) is 5.75 Å². The molecule has 0 saturated heterocycles. The summed E-state index contributed by atoms with van der Waals surface area (Å²) >= 11 is 5.66. The molecule has 6 rings (SSSR count). The lowest BCUT2D eigenvalue weighted by Crippen LogP contribution is -2.70. The molecule has 2 heterocycles. The van der Waals surface area contributed by atoms with E-state index < -0.39 is 28.9 Å². The molecule has 3 saturated carbocycles. The largest absolute Gasteiger partial charge is 0.484 e. The first kappa shape index (κ1) is 22.6. The summed E-state index contributed by atoms with van der Waals surface area (Å²) in [7, 11) is 0. The molecule has 1 aromatic carbocycles. The lowest BCUT2D eigenvalue weighted by atomic mass is 9.60. The van der Waals surface area contributed by atoms with Crippen molar-refractivity contribution in [2.45, 2.75) is 49.3 Å². The quantitative estimate of drug-likeness (QED) is 0.497. The number of aliphatic hydroxyl groups excluding tert-OH is 1. The lowest BCUT2D eigenvalue weighted by Gasteiger charge is -2.56. The Labute approximate surface area is 200 Å². The van der Waals surface area contributed by atoms with E-state index in [4.69, 9.17) is 16.3 Å². The minimum absolute atomic E-state index is 0.0278. The Balaban J connectivity index is 1.20. The number of fused-ring (bicyclic) bond motifs is 4. The highest BCUT2D eigenvalue weighted by molar-refractivity contribution is 6.30. The van der Waals surface area contributed by atoms with Crippen LogP contribution in [-0.2, 0) is 4.79 Å². The molecule has 2 aromatic heterocycles. The maximum atomic E-state index is 13.6. The number of amides is 2. The zero-order valence-corrected chi connectivity index (χ0v) is 19.0. The van der Waals surface area contributed by atoms with Crippen molar-refractivity contribution in [2.24, 2.45) is 0 Å². The number of benzene rings is 1. The van der Waals surface area contributed by atoms with E-state index in [0.29, 0.717) is 43.4 Å². The van der Waals surface area contributed by atoms with E-state index in [2.05, 4.69) is 15.6 Å². The molecular weight excluding hydrogens is 463 g/mol. The van der Waals surface area contributed by atoms with Gasteiger partial charge in [-0.05, 0) is 56.4 Å². The van der Waals surface area contributed by atoms with Gasteiger partial charge in [-0.2, -0.15) is 0 Å². The van der Waals surface area contributed by atoms with Crippen LogP contribution in [0.25, 0.3) is 5.65 Å². The van der Waals surface area contributed by atoms with Crippen molar-refractivity contribution < 1.29 is 23.8 Å². The number of carbonyl (C=O) groups is 2. The van der Waals surface area contributed by atoms with E-state index in [1.807, 2.05) is 24.4 Å². The normalized spacial score (nSPS) is 25.8. The molecule has 1 atom stereocenters. The zero-order valence-electron chi connectivity index (χ0n) is 18.3. The summed E-state index contributed by atoms with van der Waals surface area (Å²) in [5.41, 5.74) is -0.318. The molecular formula is C24H24ClFN4O4. The first-order valence-corrected chi connectivity index (χ1v) is 11.5. The second-order valence-corrected chi connectivity index (χ2v) is 9.52. The summed E-state index contributed by atoms with van der Waals surface area (Å²) in [6.07, 6.45) is 5.28. The van der Waals surface area contributed by atoms with Gasteiger partial charge in [0.25, 0.3) is 11.8 Å². The molecule has 0 radical (unpaired) electrons. The fourth-order valence-electron chi connectivity index (χ4n) is 5.04. The maximum Gasteiger partial charge on any atom is 0.271 e. The minimum atomic E-state index is -0.826. The van der Waals surface area contributed by atoms with Gasteiger partial charge in [0.05, 0.1) is 16.7 Å². The summed E-state index contributed by atoms with van der Waals surface area (Å²) in [5.74, 6) is -1.12. The number of imidazole rings is 1. The van der Waals surface area contributed by atoms with Crippen LogP contribution in [0, 0.1) is 5.82 Å². The molecule has 3 aromatic rings. The molecule has 0 aliphatic heterocycles. The Hall–Kier alpha value is -3.17. The van der Waals surface area contributed by atoms with Gasteiger partial charge in [-0.3, -0.25) is 9.59 Å². The molecule has 8 nitrogen and oxygen atoms in total. The molecule has 3 N–H and O–H groups in total. The Bertz CT molecular complexity index is 1220. The molecule has 2 amide bonds. The molecule has 178 valence electrons. The molecule has 0 spiro atoms. The predicted octanol–water partition coefficient (Wildman–Crippen LogP) is 2.87. The number of hydrogen-bond acceptors (Lipinski definition) is 5. The van der Waals surface area contributed by atoms with Crippen molar-refractivity contribution in [3.63, 3.8) is 0 Å². The number of ether oxygens (including phenoxy) is 1. The van der Waals surface area contributed by atoms with Gasteiger partial charge in [0.2, 0.25) is 0 Å². The summed E-state index contributed by atoms with van der Waals surface area (Å²) in [6.45, 7) is -0.314. The number of halogens is 2. The van der Waals surface area contributed by atoms with E-state index in [-0.39, 0.29) is 23.3 Å². The number of pyridine rings is 1. The third-order valence-corrected chi connectivity index (χ3v) is 7.25. The Morgan fingerprint density at radius 1 is 1.21 bits per heavy atom. The fraction of sp³-hybridized carbons (Fsp3) is 0.375.